The molecule has 6 nitrogen and oxygen atoms in total. The van der Waals surface area contributed by atoms with E-state index in [4.69, 9.17) is 16.1 Å². The highest BCUT2D eigenvalue weighted by molar-refractivity contribution is 7.89. The van der Waals surface area contributed by atoms with Gasteiger partial charge in [-0.3, -0.25) is 0 Å². The summed E-state index contributed by atoms with van der Waals surface area (Å²) in [5.74, 6) is 0.281. The Morgan fingerprint density at radius 1 is 1.24 bits per heavy atom. The second-order valence-corrected chi connectivity index (χ2v) is 8.45. The lowest BCUT2D eigenvalue weighted by Gasteiger charge is -2.05. The van der Waals surface area contributed by atoms with E-state index in [2.05, 4.69) is 14.9 Å². The fourth-order valence-electron chi connectivity index (χ4n) is 2.39. The van der Waals surface area contributed by atoms with E-state index < -0.39 is 10.0 Å². The number of hydrogen-bond acceptors (Lipinski definition) is 6. The Bertz CT molecular complexity index is 959. The number of nitrogens with one attached hydrogen (secondary N) is 1. The van der Waals surface area contributed by atoms with E-state index in [1.807, 2.05) is 29.6 Å². The summed E-state index contributed by atoms with van der Waals surface area (Å²) in [5, 5.41) is 7.15. The van der Waals surface area contributed by atoms with Gasteiger partial charge in [0.25, 0.3) is 0 Å². The summed E-state index contributed by atoms with van der Waals surface area (Å²) in [5.41, 5.74) is 2.16. The molecule has 25 heavy (non-hydrogen) atoms. The van der Waals surface area contributed by atoms with Crippen LogP contribution in [0.2, 0.25) is 5.02 Å². The minimum Gasteiger partial charge on any atom is -0.360 e. The van der Waals surface area contributed by atoms with E-state index in [0.717, 1.165) is 16.3 Å². The molecule has 0 amide bonds. The Hall–Kier alpha value is -1.74. The van der Waals surface area contributed by atoms with E-state index in [1.165, 1.54) is 11.3 Å². The summed E-state index contributed by atoms with van der Waals surface area (Å²) in [4.78, 5) is 4.64. The van der Waals surface area contributed by atoms with E-state index in [1.54, 1.807) is 13.8 Å². The molecule has 0 spiro atoms. The molecule has 0 saturated heterocycles. The van der Waals surface area contributed by atoms with Crippen molar-refractivity contribution in [2.45, 2.75) is 25.2 Å². The molecule has 1 aromatic carbocycles. The van der Waals surface area contributed by atoms with Crippen molar-refractivity contribution in [3.05, 3.63) is 51.8 Å². The number of sulfonamides is 1. The number of thiazole rings is 1. The standard InChI is InChI=1S/C16H16ClN3O3S2/c1-10-15(11(2)23-20-10)25(21,22)18-8-7-14-9-24-16(19-14)12-3-5-13(17)6-4-12/h3-6,9,18H,7-8H2,1-2H3. The van der Waals surface area contributed by atoms with Gasteiger partial charge in [0.1, 0.15) is 15.6 Å². The zero-order valence-electron chi connectivity index (χ0n) is 13.6. The highest BCUT2D eigenvalue weighted by atomic mass is 35.5. The summed E-state index contributed by atoms with van der Waals surface area (Å²) in [6.07, 6.45) is 0.493. The van der Waals surface area contributed by atoms with Gasteiger partial charge in [0.05, 0.1) is 5.69 Å². The van der Waals surface area contributed by atoms with Crippen molar-refractivity contribution in [3.8, 4) is 10.6 Å². The molecule has 0 aliphatic carbocycles. The minimum absolute atomic E-state index is 0.104. The number of hydrogen-bond donors (Lipinski definition) is 1. The third kappa shape index (κ3) is 4.09. The lowest BCUT2D eigenvalue weighted by atomic mass is 10.2. The Morgan fingerprint density at radius 2 is 1.96 bits per heavy atom. The van der Waals surface area contributed by atoms with Gasteiger partial charge in [0.15, 0.2) is 5.76 Å². The van der Waals surface area contributed by atoms with Gasteiger partial charge in [-0.25, -0.2) is 18.1 Å². The summed E-state index contributed by atoms with van der Waals surface area (Å²) in [6, 6.07) is 7.45. The zero-order valence-corrected chi connectivity index (χ0v) is 16.0. The van der Waals surface area contributed by atoms with Crippen LogP contribution in [-0.2, 0) is 16.4 Å². The fraction of sp³-hybridized carbons (Fsp3) is 0.250. The Balaban J connectivity index is 1.64. The van der Waals surface area contributed by atoms with Crippen LogP contribution in [0.4, 0.5) is 0 Å². The monoisotopic (exact) mass is 397 g/mol. The fourth-order valence-corrected chi connectivity index (χ4v) is 4.73. The maximum absolute atomic E-state index is 12.3. The molecular weight excluding hydrogens is 382 g/mol. The molecule has 9 heteroatoms. The summed E-state index contributed by atoms with van der Waals surface area (Å²) >= 11 is 7.40. The molecule has 0 bridgehead atoms. The molecule has 0 aliphatic heterocycles. The first-order valence-electron chi connectivity index (χ1n) is 7.50. The SMILES string of the molecule is Cc1noc(C)c1S(=O)(=O)NCCc1csc(-c2ccc(Cl)cc2)n1. The van der Waals surface area contributed by atoms with Crippen molar-refractivity contribution in [2.75, 3.05) is 6.54 Å². The summed E-state index contributed by atoms with van der Waals surface area (Å²) in [6.45, 7) is 3.42. The molecule has 0 saturated carbocycles. The molecule has 0 fully saturated rings. The molecule has 2 aromatic heterocycles. The lowest BCUT2D eigenvalue weighted by Crippen LogP contribution is -2.26. The first-order chi connectivity index (χ1) is 11.9. The van der Waals surface area contributed by atoms with Crippen LogP contribution in [0.25, 0.3) is 10.6 Å². The number of rotatable bonds is 6. The summed E-state index contributed by atoms with van der Waals surface area (Å²) < 4.78 is 32.2. The van der Waals surface area contributed by atoms with Gasteiger partial charge in [-0.1, -0.05) is 28.9 Å². The van der Waals surface area contributed by atoms with Crippen LogP contribution in [0.3, 0.4) is 0 Å². The Labute approximate surface area is 154 Å². The first-order valence-corrected chi connectivity index (χ1v) is 10.2. The van der Waals surface area contributed by atoms with Crippen molar-refractivity contribution in [2.24, 2.45) is 0 Å². The van der Waals surface area contributed by atoms with Gasteiger partial charge >= 0.3 is 0 Å². The van der Waals surface area contributed by atoms with Gasteiger partial charge in [0, 0.05) is 28.9 Å². The average molecular weight is 398 g/mol. The van der Waals surface area contributed by atoms with Crippen LogP contribution in [0, 0.1) is 13.8 Å². The van der Waals surface area contributed by atoms with Crippen molar-refractivity contribution in [1.82, 2.24) is 14.9 Å². The summed E-state index contributed by atoms with van der Waals surface area (Å²) in [7, 11) is -3.64. The lowest BCUT2D eigenvalue weighted by molar-refractivity contribution is 0.390. The third-order valence-electron chi connectivity index (χ3n) is 3.55. The normalized spacial score (nSPS) is 11.8. The molecule has 0 unspecified atom stereocenters. The molecule has 3 rings (SSSR count). The number of halogens is 1. The Kier molecular flexibility index (Phi) is 5.24. The third-order valence-corrected chi connectivity index (χ3v) is 6.45. The number of benzene rings is 1. The molecule has 0 aliphatic rings. The van der Waals surface area contributed by atoms with Gasteiger partial charge < -0.3 is 4.52 Å². The second kappa shape index (κ2) is 7.25. The molecule has 0 radical (unpaired) electrons. The van der Waals surface area contributed by atoms with Crippen LogP contribution >= 0.6 is 22.9 Å². The van der Waals surface area contributed by atoms with E-state index in [-0.39, 0.29) is 17.2 Å². The first kappa shape index (κ1) is 18.1. The number of aromatic nitrogens is 2. The van der Waals surface area contributed by atoms with Crippen LogP contribution in [0.1, 0.15) is 17.1 Å². The molecule has 2 heterocycles. The van der Waals surface area contributed by atoms with E-state index >= 15 is 0 Å². The second-order valence-electron chi connectivity index (χ2n) is 5.45. The van der Waals surface area contributed by atoms with Gasteiger partial charge in [0.2, 0.25) is 10.0 Å². The van der Waals surface area contributed by atoms with Crippen molar-refractivity contribution >= 4 is 33.0 Å². The van der Waals surface area contributed by atoms with E-state index in [0.29, 0.717) is 17.1 Å². The van der Waals surface area contributed by atoms with Crippen molar-refractivity contribution in [3.63, 3.8) is 0 Å². The van der Waals surface area contributed by atoms with Gasteiger partial charge in [-0.15, -0.1) is 11.3 Å². The van der Waals surface area contributed by atoms with Crippen LogP contribution in [0.5, 0.6) is 0 Å². The largest absolute Gasteiger partial charge is 0.360 e. The zero-order chi connectivity index (χ0) is 18.0. The average Bonchev–Trinajstić information content (AvgIpc) is 3.15. The molecule has 3 aromatic rings. The predicted octanol–water partition coefficient (Wildman–Crippen LogP) is 3.59. The van der Waals surface area contributed by atoms with Gasteiger partial charge in [-0.2, -0.15) is 0 Å². The maximum Gasteiger partial charge on any atom is 0.245 e. The molecule has 132 valence electrons. The topological polar surface area (TPSA) is 85.1 Å². The number of aryl methyl sites for hydroxylation is 2. The molecule has 1 N–H and O–H groups in total. The molecule has 0 atom stereocenters. The minimum atomic E-state index is -3.64. The predicted molar refractivity (Wildman–Crippen MR) is 97.4 cm³/mol. The smallest absolute Gasteiger partial charge is 0.245 e. The maximum atomic E-state index is 12.3. The van der Waals surface area contributed by atoms with Crippen LogP contribution in [-0.4, -0.2) is 25.1 Å². The van der Waals surface area contributed by atoms with Crippen LogP contribution < -0.4 is 4.72 Å². The highest BCUT2D eigenvalue weighted by Crippen LogP contribution is 2.25. The highest BCUT2D eigenvalue weighted by Gasteiger charge is 2.23. The number of nitrogens with zero attached hydrogens (tertiary/aromatic N) is 2. The van der Waals surface area contributed by atoms with Crippen molar-refractivity contribution < 1.29 is 12.9 Å². The molecular formula is C16H16ClN3O3S2. The Morgan fingerprint density at radius 3 is 2.60 bits per heavy atom. The van der Waals surface area contributed by atoms with E-state index in [9.17, 15) is 8.42 Å². The van der Waals surface area contributed by atoms with Crippen molar-refractivity contribution in [1.29, 1.82) is 0 Å². The quantitative estimate of drug-likeness (QED) is 0.687. The van der Waals surface area contributed by atoms with Crippen LogP contribution in [0.15, 0.2) is 39.1 Å². The van der Waals surface area contributed by atoms with Gasteiger partial charge in [-0.05, 0) is 26.0 Å².